The molecule has 0 spiro atoms. The maximum atomic E-state index is 13.4. The van der Waals surface area contributed by atoms with E-state index in [1.165, 1.54) is 0 Å². The Balaban J connectivity index is 1.91. The molecule has 128 valence electrons. The summed E-state index contributed by atoms with van der Waals surface area (Å²) in [4.78, 5) is 13.4. The van der Waals surface area contributed by atoms with E-state index < -0.39 is 0 Å². The lowest BCUT2D eigenvalue weighted by Gasteiger charge is -2.17. The molecule has 0 fully saturated rings. The van der Waals surface area contributed by atoms with Crippen LogP contribution in [0.25, 0.3) is 5.57 Å². The Morgan fingerprint density at radius 1 is 0.885 bits per heavy atom. The molecule has 0 radical (unpaired) electrons. The SMILES string of the molecule is COc1ccc2c(c1)C(c1ccccc1)C(C(=O)c1ccccc1)=C2C. The summed E-state index contributed by atoms with van der Waals surface area (Å²) in [6, 6.07) is 25.8. The number of ketones is 1. The molecule has 0 aromatic heterocycles. The number of Topliss-reactive ketones (excluding diaryl/α,β-unsaturated/α-hetero) is 1. The summed E-state index contributed by atoms with van der Waals surface area (Å²) in [6.45, 7) is 2.05. The average molecular weight is 340 g/mol. The maximum absolute atomic E-state index is 13.4. The number of rotatable bonds is 4. The van der Waals surface area contributed by atoms with Crippen LogP contribution in [0.5, 0.6) is 5.75 Å². The molecule has 1 atom stereocenters. The number of carbonyl (C=O) groups excluding carboxylic acids is 1. The van der Waals surface area contributed by atoms with Crippen LogP contribution in [-0.2, 0) is 0 Å². The van der Waals surface area contributed by atoms with E-state index in [-0.39, 0.29) is 11.7 Å². The monoisotopic (exact) mass is 340 g/mol. The summed E-state index contributed by atoms with van der Waals surface area (Å²) in [5.41, 5.74) is 6.00. The van der Waals surface area contributed by atoms with Gasteiger partial charge in [0.15, 0.2) is 5.78 Å². The van der Waals surface area contributed by atoms with Crippen molar-refractivity contribution in [3.8, 4) is 5.75 Å². The van der Waals surface area contributed by atoms with Gasteiger partial charge in [-0.3, -0.25) is 4.79 Å². The van der Waals surface area contributed by atoms with Gasteiger partial charge >= 0.3 is 0 Å². The van der Waals surface area contributed by atoms with Crippen LogP contribution in [0.15, 0.2) is 84.4 Å². The van der Waals surface area contributed by atoms with Crippen LogP contribution in [0.4, 0.5) is 0 Å². The Labute approximate surface area is 153 Å². The summed E-state index contributed by atoms with van der Waals surface area (Å²) in [6.07, 6.45) is 0. The molecule has 0 saturated carbocycles. The number of benzene rings is 3. The number of ether oxygens (including phenoxy) is 1. The van der Waals surface area contributed by atoms with E-state index >= 15 is 0 Å². The molecule has 1 aliphatic carbocycles. The first-order valence-electron chi connectivity index (χ1n) is 8.74. The third-order valence-electron chi connectivity index (χ3n) is 5.08. The van der Waals surface area contributed by atoms with Crippen LogP contribution in [0.2, 0.25) is 0 Å². The smallest absolute Gasteiger partial charge is 0.190 e. The fraction of sp³-hybridized carbons (Fsp3) is 0.125. The molecule has 1 unspecified atom stereocenters. The van der Waals surface area contributed by atoms with Gasteiger partial charge in [0.05, 0.1) is 7.11 Å². The maximum Gasteiger partial charge on any atom is 0.190 e. The molecule has 1 aliphatic rings. The lowest BCUT2D eigenvalue weighted by Crippen LogP contribution is -2.11. The molecular weight excluding hydrogens is 320 g/mol. The van der Waals surface area contributed by atoms with Crippen molar-refractivity contribution in [1.82, 2.24) is 0 Å². The van der Waals surface area contributed by atoms with E-state index in [9.17, 15) is 4.79 Å². The van der Waals surface area contributed by atoms with E-state index in [0.29, 0.717) is 0 Å². The summed E-state index contributed by atoms with van der Waals surface area (Å²) in [5, 5.41) is 0. The molecule has 2 heteroatoms. The topological polar surface area (TPSA) is 26.3 Å². The van der Waals surface area contributed by atoms with E-state index in [4.69, 9.17) is 4.74 Å². The van der Waals surface area contributed by atoms with Gasteiger partial charge in [-0.05, 0) is 41.3 Å². The Hall–Kier alpha value is -3.13. The van der Waals surface area contributed by atoms with Crippen LogP contribution in [-0.4, -0.2) is 12.9 Å². The van der Waals surface area contributed by atoms with Gasteiger partial charge in [0.1, 0.15) is 5.75 Å². The predicted octanol–water partition coefficient (Wildman–Crippen LogP) is 5.50. The highest BCUT2D eigenvalue weighted by atomic mass is 16.5. The first-order chi connectivity index (χ1) is 12.7. The number of carbonyl (C=O) groups is 1. The largest absolute Gasteiger partial charge is 0.497 e. The molecule has 26 heavy (non-hydrogen) atoms. The van der Waals surface area contributed by atoms with Crippen molar-refractivity contribution in [2.24, 2.45) is 0 Å². The summed E-state index contributed by atoms with van der Waals surface area (Å²) in [7, 11) is 1.67. The number of hydrogen-bond acceptors (Lipinski definition) is 2. The van der Waals surface area contributed by atoms with Crippen molar-refractivity contribution >= 4 is 11.4 Å². The number of allylic oxidation sites excluding steroid dienone is 2. The molecule has 0 aliphatic heterocycles. The minimum Gasteiger partial charge on any atom is -0.497 e. The molecule has 0 amide bonds. The second-order valence-corrected chi connectivity index (χ2v) is 6.53. The van der Waals surface area contributed by atoms with Crippen molar-refractivity contribution in [3.05, 3.63) is 107 Å². The van der Waals surface area contributed by atoms with Gasteiger partial charge in [-0.15, -0.1) is 0 Å². The van der Waals surface area contributed by atoms with Crippen molar-refractivity contribution in [1.29, 1.82) is 0 Å². The Kier molecular flexibility index (Phi) is 4.18. The first-order valence-corrected chi connectivity index (χ1v) is 8.74. The summed E-state index contributed by atoms with van der Waals surface area (Å²) < 4.78 is 5.44. The van der Waals surface area contributed by atoms with Gasteiger partial charge in [0.2, 0.25) is 0 Å². The standard InChI is InChI=1S/C24H20O2/c1-16-20-14-13-19(26-2)15-21(20)23(17-9-5-3-6-10-17)22(16)24(25)18-11-7-4-8-12-18/h3-15,23H,1-2H3. The van der Waals surface area contributed by atoms with Gasteiger partial charge in [-0.1, -0.05) is 66.7 Å². The van der Waals surface area contributed by atoms with E-state index in [1.807, 2.05) is 61.5 Å². The third kappa shape index (κ3) is 2.64. The van der Waals surface area contributed by atoms with E-state index in [0.717, 1.165) is 39.1 Å². The zero-order valence-corrected chi connectivity index (χ0v) is 14.9. The normalized spacial score (nSPS) is 15.7. The van der Waals surface area contributed by atoms with Gasteiger partial charge in [0.25, 0.3) is 0 Å². The highest BCUT2D eigenvalue weighted by Crippen LogP contribution is 2.47. The fourth-order valence-electron chi connectivity index (χ4n) is 3.80. The van der Waals surface area contributed by atoms with E-state index in [2.05, 4.69) is 24.3 Å². The fourth-order valence-corrected chi connectivity index (χ4v) is 3.80. The van der Waals surface area contributed by atoms with Gasteiger partial charge < -0.3 is 4.74 Å². The number of fused-ring (bicyclic) bond motifs is 1. The quantitative estimate of drug-likeness (QED) is 0.586. The molecular formula is C24H20O2. The van der Waals surface area contributed by atoms with Crippen LogP contribution in [0.1, 0.15) is 39.9 Å². The average Bonchev–Trinajstić information content (AvgIpc) is 3.00. The summed E-state index contributed by atoms with van der Waals surface area (Å²) in [5.74, 6) is 0.826. The molecule has 3 aromatic carbocycles. The lowest BCUT2D eigenvalue weighted by atomic mass is 9.85. The predicted molar refractivity (Wildman–Crippen MR) is 105 cm³/mol. The highest BCUT2D eigenvalue weighted by molar-refractivity contribution is 6.16. The Morgan fingerprint density at radius 3 is 2.19 bits per heavy atom. The molecule has 0 bridgehead atoms. The minimum absolute atomic E-state index is 0.0750. The van der Waals surface area contributed by atoms with E-state index in [1.54, 1.807) is 7.11 Å². The van der Waals surface area contributed by atoms with Crippen LogP contribution in [0, 0.1) is 0 Å². The summed E-state index contributed by atoms with van der Waals surface area (Å²) >= 11 is 0. The van der Waals surface area contributed by atoms with Gasteiger partial charge in [0, 0.05) is 17.1 Å². The van der Waals surface area contributed by atoms with Crippen molar-refractivity contribution in [2.75, 3.05) is 7.11 Å². The van der Waals surface area contributed by atoms with Gasteiger partial charge in [-0.2, -0.15) is 0 Å². The van der Waals surface area contributed by atoms with Gasteiger partial charge in [-0.25, -0.2) is 0 Å². The van der Waals surface area contributed by atoms with Crippen LogP contribution >= 0.6 is 0 Å². The number of hydrogen-bond donors (Lipinski definition) is 0. The molecule has 2 nitrogen and oxygen atoms in total. The van der Waals surface area contributed by atoms with Crippen LogP contribution < -0.4 is 4.74 Å². The van der Waals surface area contributed by atoms with Crippen LogP contribution in [0.3, 0.4) is 0 Å². The molecule has 4 rings (SSSR count). The zero-order chi connectivity index (χ0) is 18.1. The second-order valence-electron chi connectivity index (χ2n) is 6.53. The molecule has 0 heterocycles. The Bertz CT molecular complexity index is 985. The first kappa shape index (κ1) is 16.3. The van der Waals surface area contributed by atoms with Crippen molar-refractivity contribution < 1.29 is 9.53 Å². The lowest BCUT2D eigenvalue weighted by molar-refractivity contribution is 0.103. The third-order valence-corrected chi connectivity index (χ3v) is 5.08. The zero-order valence-electron chi connectivity index (χ0n) is 14.9. The molecule has 3 aromatic rings. The second kappa shape index (κ2) is 6.64. The van der Waals surface area contributed by atoms with Crippen molar-refractivity contribution in [2.45, 2.75) is 12.8 Å². The Morgan fingerprint density at radius 2 is 1.54 bits per heavy atom. The molecule has 0 saturated heterocycles. The minimum atomic E-state index is -0.0750. The molecule has 0 N–H and O–H groups in total. The highest BCUT2D eigenvalue weighted by Gasteiger charge is 2.35. The number of methoxy groups -OCH3 is 1. The van der Waals surface area contributed by atoms with Crippen molar-refractivity contribution in [3.63, 3.8) is 0 Å².